The Morgan fingerprint density at radius 2 is 2.00 bits per heavy atom. The molecule has 15 heteroatoms. The number of aliphatic hydroxyl groups excluding tert-OH is 1. The molecule has 1 aliphatic heterocycles. The van der Waals surface area contributed by atoms with Crippen molar-refractivity contribution in [2.75, 3.05) is 18.5 Å². The lowest BCUT2D eigenvalue weighted by atomic mass is 9.84. The Morgan fingerprint density at radius 1 is 1.24 bits per heavy atom. The van der Waals surface area contributed by atoms with Crippen LogP contribution in [0.2, 0.25) is 0 Å². The van der Waals surface area contributed by atoms with E-state index in [9.17, 15) is 31.5 Å². The third-order valence-corrected chi connectivity index (χ3v) is 8.72. The van der Waals surface area contributed by atoms with Gasteiger partial charge in [-0.05, 0) is 67.1 Å². The van der Waals surface area contributed by atoms with Crippen molar-refractivity contribution in [2.45, 2.75) is 58.3 Å². The molecule has 2 heterocycles. The van der Waals surface area contributed by atoms with E-state index < -0.39 is 46.4 Å². The number of hydrogen-bond acceptors (Lipinski definition) is 8. The summed E-state index contributed by atoms with van der Waals surface area (Å²) in [5.74, 6) is -2.28. The van der Waals surface area contributed by atoms with Gasteiger partial charge in [-0.25, -0.2) is 4.68 Å². The zero-order chi connectivity index (χ0) is 30.7. The van der Waals surface area contributed by atoms with E-state index in [-0.39, 0.29) is 30.7 Å². The fourth-order valence-electron chi connectivity index (χ4n) is 4.86. The molecule has 3 aromatic rings. The van der Waals surface area contributed by atoms with E-state index >= 15 is 0 Å². The predicted octanol–water partition coefficient (Wildman–Crippen LogP) is 5.50. The molecule has 42 heavy (non-hydrogen) atoms. The molecule has 228 valence electrons. The maximum Gasteiger partial charge on any atom is 0.416 e. The van der Waals surface area contributed by atoms with Crippen molar-refractivity contribution in [1.82, 2.24) is 19.3 Å². The van der Waals surface area contributed by atoms with Gasteiger partial charge in [-0.1, -0.05) is 33.3 Å². The summed E-state index contributed by atoms with van der Waals surface area (Å²) in [5, 5.41) is 18.9. The first kappa shape index (κ1) is 31.8. The predicted molar refractivity (Wildman–Crippen MR) is 151 cm³/mol. The smallest absolute Gasteiger partial charge is 0.416 e. The summed E-state index contributed by atoms with van der Waals surface area (Å²) in [6.07, 6.45) is -2.12. The molecule has 0 saturated heterocycles. The number of aromatic nitrogens is 3. The molecule has 1 aromatic heterocycles. The molecule has 0 radical (unpaired) electrons. The number of unbranched alkanes of at least 4 members (excludes halogenated alkanes) is 1. The van der Waals surface area contributed by atoms with E-state index in [0.29, 0.717) is 23.2 Å². The van der Waals surface area contributed by atoms with Crippen LogP contribution in [0, 0.1) is 6.92 Å². The van der Waals surface area contributed by atoms with Crippen molar-refractivity contribution in [2.24, 2.45) is 0 Å². The van der Waals surface area contributed by atoms with Gasteiger partial charge in [0.05, 0.1) is 24.1 Å². The monoisotopic (exact) mass is 674 g/mol. The Morgan fingerprint density at radius 3 is 2.67 bits per heavy atom. The summed E-state index contributed by atoms with van der Waals surface area (Å²) in [4.78, 5) is 12.7. The van der Waals surface area contributed by atoms with Gasteiger partial charge in [-0.2, -0.15) is 25.9 Å². The molecule has 0 amide bonds. The van der Waals surface area contributed by atoms with E-state index in [1.165, 1.54) is 6.07 Å². The van der Waals surface area contributed by atoms with E-state index in [4.69, 9.17) is 4.74 Å². The first-order valence-electron chi connectivity index (χ1n) is 13.2. The lowest BCUT2D eigenvalue weighted by Crippen LogP contribution is -2.35. The largest absolute Gasteiger partial charge is 0.480 e. The summed E-state index contributed by atoms with van der Waals surface area (Å²) < 4.78 is 79.2. The molecule has 1 unspecified atom stereocenters. The minimum absolute atomic E-state index is 0.0205. The number of esters is 1. The highest BCUT2D eigenvalue weighted by Crippen LogP contribution is 2.38. The van der Waals surface area contributed by atoms with Crippen LogP contribution in [0.3, 0.4) is 0 Å². The van der Waals surface area contributed by atoms with Crippen LogP contribution in [-0.2, 0) is 43.3 Å². The van der Waals surface area contributed by atoms with E-state index in [1.54, 1.807) is 30.7 Å². The number of aliphatic hydroxyl groups is 1. The van der Waals surface area contributed by atoms with Crippen LogP contribution in [0.4, 0.5) is 13.2 Å². The van der Waals surface area contributed by atoms with Crippen LogP contribution >= 0.6 is 15.9 Å². The molecule has 0 fully saturated rings. The topological polar surface area (TPSA) is 124 Å². The van der Waals surface area contributed by atoms with E-state index in [2.05, 4.69) is 30.4 Å². The lowest BCUT2D eigenvalue weighted by molar-refractivity contribution is -0.143. The first-order valence-corrected chi connectivity index (χ1v) is 15.7. The quantitative estimate of drug-likeness (QED) is 0.161. The Bertz CT molecular complexity index is 1590. The Labute approximate surface area is 249 Å². The van der Waals surface area contributed by atoms with Gasteiger partial charge in [0.25, 0.3) is 5.95 Å². The fraction of sp³-hybridized carbons (Fsp3) is 0.444. The van der Waals surface area contributed by atoms with Gasteiger partial charge in [-0.15, -0.1) is 5.10 Å². The third-order valence-electron chi connectivity index (χ3n) is 6.87. The number of fused-ring (bicyclic) bond motifs is 1. The zero-order valence-electron chi connectivity index (χ0n) is 22.9. The number of alkyl halides is 4. The Hall–Kier alpha value is -3.17. The highest BCUT2D eigenvalue weighted by Gasteiger charge is 2.35. The summed E-state index contributed by atoms with van der Waals surface area (Å²) >= 11 is 3.41. The van der Waals surface area contributed by atoms with Gasteiger partial charge in [-0.3, -0.25) is 4.79 Å². The number of carbonyl (C=O) groups excluding carboxylic acids is 1. The van der Waals surface area contributed by atoms with Gasteiger partial charge in [0.1, 0.15) is 5.52 Å². The van der Waals surface area contributed by atoms with E-state index in [0.717, 1.165) is 46.2 Å². The standard InChI is InChI=1S/C27H30BrF3N4O6S/c1-3-40-25(37)15-22(21-6-7-23-26(17(21)2)32-33-35(23)10-5-4-9-28)19-12-18(13-20(14-19)27(29,30)31)16-34-11-8-24(36)41-42(34,38)39/h6-8,12-14,22,36H,3-5,9-11,15-16H2,1-2H3. The molecular formula is C27H30BrF3N4O6S. The van der Waals surface area contributed by atoms with Crippen molar-refractivity contribution in [3.05, 3.63) is 70.2 Å². The number of ether oxygens (including phenoxy) is 1. The number of halogens is 4. The molecular weight excluding hydrogens is 645 g/mol. The normalized spacial score (nSPS) is 16.2. The van der Waals surface area contributed by atoms with Crippen molar-refractivity contribution < 1.29 is 40.4 Å². The average molecular weight is 676 g/mol. The maximum absolute atomic E-state index is 14.1. The van der Waals surface area contributed by atoms with Gasteiger partial charge in [0.15, 0.2) is 0 Å². The fourth-order valence-corrected chi connectivity index (χ4v) is 6.21. The Kier molecular flexibility index (Phi) is 9.83. The first-order chi connectivity index (χ1) is 19.8. The molecule has 1 N–H and O–H groups in total. The SMILES string of the molecule is CCOC(=O)CC(c1cc(CN2CC=C(O)OS2(=O)=O)cc(C(F)(F)F)c1)c1ccc2c(nnn2CCCCBr)c1C. The molecule has 4 rings (SSSR count). The third kappa shape index (κ3) is 7.24. The highest BCUT2D eigenvalue weighted by atomic mass is 79.9. The number of nitrogens with zero attached hydrogens (tertiary/aromatic N) is 4. The van der Waals surface area contributed by atoms with Crippen LogP contribution in [0.1, 0.15) is 59.9 Å². The number of benzene rings is 2. The molecule has 1 aliphatic rings. The number of rotatable bonds is 11. The van der Waals surface area contributed by atoms with Crippen molar-refractivity contribution in [3.8, 4) is 0 Å². The number of hydrogen-bond donors (Lipinski definition) is 1. The van der Waals surface area contributed by atoms with Gasteiger partial charge >= 0.3 is 22.4 Å². The van der Waals surface area contributed by atoms with Crippen molar-refractivity contribution in [1.29, 1.82) is 0 Å². The summed E-state index contributed by atoms with van der Waals surface area (Å²) in [6.45, 7) is 3.38. The maximum atomic E-state index is 14.1. The zero-order valence-corrected chi connectivity index (χ0v) is 25.3. The van der Waals surface area contributed by atoms with Crippen LogP contribution in [-0.4, -0.2) is 57.3 Å². The van der Waals surface area contributed by atoms with Crippen LogP contribution in [0.5, 0.6) is 0 Å². The average Bonchev–Trinajstić information content (AvgIpc) is 3.32. The van der Waals surface area contributed by atoms with Gasteiger partial charge in [0.2, 0.25) is 0 Å². The second-order valence-corrected chi connectivity index (χ2v) is 12.1. The molecule has 10 nitrogen and oxygen atoms in total. The summed E-state index contributed by atoms with van der Waals surface area (Å²) in [7, 11) is -4.43. The minimum Gasteiger partial charge on any atom is -0.480 e. The second kappa shape index (κ2) is 13.0. The van der Waals surface area contributed by atoms with Crippen LogP contribution in [0.15, 0.2) is 42.4 Å². The van der Waals surface area contributed by atoms with Gasteiger partial charge < -0.3 is 14.0 Å². The summed E-state index contributed by atoms with van der Waals surface area (Å²) in [5.41, 5.74) is 1.71. The molecule has 1 atom stereocenters. The molecule has 2 aromatic carbocycles. The second-order valence-electron chi connectivity index (χ2n) is 9.75. The van der Waals surface area contributed by atoms with Crippen LogP contribution in [0.25, 0.3) is 11.0 Å². The molecule has 0 bridgehead atoms. The molecule has 0 spiro atoms. The van der Waals surface area contributed by atoms with E-state index in [1.807, 2.05) is 0 Å². The molecule has 0 saturated carbocycles. The highest BCUT2D eigenvalue weighted by molar-refractivity contribution is 9.09. The number of aryl methyl sites for hydroxylation is 2. The van der Waals surface area contributed by atoms with Gasteiger partial charge in [0, 0.05) is 37.0 Å². The molecule has 0 aliphatic carbocycles. The van der Waals surface area contributed by atoms with Crippen molar-refractivity contribution in [3.63, 3.8) is 0 Å². The Balaban J connectivity index is 1.81. The summed E-state index contributed by atoms with van der Waals surface area (Å²) in [6, 6.07) is 6.79. The number of carbonyl (C=O) groups is 1. The minimum atomic E-state index is -4.76. The van der Waals surface area contributed by atoms with Crippen molar-refractivity contribution >= 4 is 43.2 Å². The lowest BCUT2D eigenvalue weighted by Gasteiger charge is -2.25. The van der Waals surface area contributed by atoms with Crippen LogP contribution < -0.4 is 0 Å².